The van der Waals surface area contributed by atoms with Gasteiger partial charge in [-0.05, 0) is 85.1 Å². The summed E-state index contributed by atoms with van der Waals surface area (Å²) in [5.74, 6) is -0.445. The molecule has 1 aromatic heterocycles. The molecule has 1 aliphatic heterocycles. The minimum atomic E-state index is -0.266. The molecule has 0 bridgehead atoms. The molecular formula is C28H26FN3O. The van der Waals surface area contributed by atoms with Crippen LogP contribution >= 0.6 is 0 Å². The van der Waals surface area contributed by atoms with Gasteiger partial charge in [0.15, 0.2) is 0 Å². The second-order valence-electron chi connectivity index (χ2n) is 8.63. The lowest BCUT2D eigenvalue weighted by Crippen LogP contribution is -2.29. The second-order valence-corrected chi connectivity index (χ2v) is 8.63. The molecule has 1 saturated heterocycles. The SMILES string of the molecule is O=C(Nc1ccc2cc(CN3CCCCC3)cnc2c1)c1ccc(-c2ccc(F)cc2)cc1. The average Bonchev–Trinajstić information content (AvgIpc) is 2.85. The summed E-state index contributed by atoms with van der Waals surface area (Å²) in [5.41, 5.74) is 5.20. The highest BCUT2D eigenvalue weighted by Gasteiger charge is 2.12. The molecule has 0 unspecified atom stereocenters. The van der Waals surface area contributed by atoms with E-state index in [1.165, 1.54) is 37.0 Å². The van der Waals surface area contributed by atoms with Crippen molar-refractivity contribution < 1.29 is 9.18 Å². The van der Waals surface area contributed by atoms with E-state index in [4.69, 9.17) is 0 Å². The fraction of sp³-hybridized carbons (Fsp3) is 0.214. The van der Waals surface area contributed by atoms with E-state index in [2.05, 4.69) is 21.3 Å². The summed E-state index contributed by atoms with van der Waals surface area (Å²) in [6.07, 6.45) is 5.83. The quantitative estimate of drug-likeness (QED) is 0.398. The number of hydrogen-bond acceptors (Lipinski definition) is 3. The van der Waals surface area contributed by atoms with Crippen LogP contribution in [-0.2, 0) is 6.54 Å². The highest BCUT2D eigenvalue weighted by atomic mass is 19.1. The Morgan fingerprint density at radius 1 is 0.879 bits per heavy atom. The third kappa shape index (κ3) is 5.10. The second kappa shape index (κ2) is 9.51. The first-order chi connectivity index (χ1) is 16.1. The standard InChI is InChI=1S/C28H26FN3O/c29-25-11-8-22(9-12-25)21-4-6-23(7-5-21)28(33)31-26-13-10-24-16-20(18-30-27(24)17-26)19-32-14-2-1-3-15-32/h4-13,16-18H,1-3,14-15,19H2,(H,31,33). The molecule has 1 aliphatic rings. The number of aromatic nitrogens is 1. The Morgan fingerprint density at radius 2 is 1.58 bits per heavy atom. The molecule has 0 saturated carbocycles. The van der Waals surface area contributed by atoms with Gasteiger partial charge in [0.2, 0.25) is 0 Å². The first-order valence-corrected chi connectivity index (χ1v) is 11.4. The number of nitrogens with one attached hydrogen (secondary N) is 1. The molecule has 3 aromatic carbocycles. The highest BCUT2D eigenvalue weighted by molar-refractivity contribution is 6.05. The molecule has 5 heteroatoms. The van der Waals surface area contributed by atoms with Gasteiger partial charge in [-0.2, -0.15) is 0 Å². The molecule has 1 amide bonds. The molecule has 1 N–H and O–H groups in total. The predicted molar refractivity (Wildman–Crippen MR) is 131 cm³/mol. The van der Waals surface area contributed by atoms with Gasteiger partial charge in [0, 0.05) is 29.4 Å². The largest absolute Gasteiger partial charge is 0.322 e. The summed E-state index contributed by atoms with van der Waals surface area (Å²) in [7, 11) is 0. The Kier molecular flexibility index (Phi) is 6.13. The summed E-state index contributed by atoms with van der Waals surface area (Å²) in [6.45, 7) is 3.26. The number of nitrogens with zero attached hydrogens (tertiary/aromatic N) is 2. The summed E-state index contributed by atoms with van der Waals surface area (Å²) >= 11 is 0. The van der Waals surface area contributed by atoms with E-state index in [-0.39, 0.29) is 11.7 Å². The topological polar surface area (TPSA) is 45.2 Å². The van der Waals surface area contributed by atoms with Crippen molar-refractivity contribution in [3.63, 3.8) is 0 Å². The maximum absolute atomic E-state index is 13.1. The lowest BCUT2D eigenvalue weighted by molar-refractivity contribution is 0.102. The Hall–Kier alpha value is -3.57. The fourth-order valence-electron chi connectivity index (χ4n) is 4.37. The molecular weight excluding hydrogens is 413 g/mol. The van der Waals surface area contributed by atoms with Crippen molar-refractivity contribution in [3.8, 4) is 11.1 Å². The van der Waals surface area contributed by atoms with Crippen LogP contribution in [-0.4, -0.2) is 28.9 Å². The first kappa shape index (κ1) is 21.3. The van der Waals surface area contributed by atoms with Crippen LogP contribution in [0, 0.1) is 5.82 Å². The van der Waals surface area contributed by atoms with Gasteiger partial charge < -0.3 is 5.32 Å². The number of fused-ring (bicyclic) bond motifs is 1. The number of likely N-dealkylation sites (tertiary alicyclic amines) is 1. The first-order valence-electron chi connectivity index (χ1n) is 11.4. The van der Waals surface area contributed by atoms with E-state index in [0.717, 1.165) is 41.7 Å². The monoisotopic (exact) mass is 439 g/mol. The summed E-state index contributed by atoms with van der Waals surface area (Å²) < 4.78 is 13.1. The normalized spacial score (nSPS) is 14.3. The molecule has 0 radical (unpaired) electrons. The molecule has 33 heavy (non-hydrogen) atoms. The smallest absolute Gasteiger partial charge is 0.255 e. The number of amides is 1. The van der Waals surface area contributed by atoms with Gasteiger partial charge in [-0.1, -0.05) is 36.8 Å². The maximum Gasteiger partial charge on any atom is 0.255 e. The van der Waals surface area contributed by atoms with Crippen LogP contribution in [0.3, 0.4) is 0 Å². The van der Waals surface area contributed by atoms with Gasteiger partial charge in [0.25, 0.3) is 5.91 Å². The van der Waals surface area contributed by atoms with Gasteiger partial charge in [-0.25, -0.2) is 4.39 Å². The van der Waals surface area contributed by atoms with E-state index in [0.29, 0.717) is 11.3 Å². The molecule has 166 valence electrons. The fourth-order valence-corrected chi connectivity index (χ4v) is 4.37. The third-order valence-electron chi connectivity index (χ3n) is 6.18. The average molecular weight is 440 g/mol. The van der Waals surface area contributed by atoms with Crippen molar-refractivity contribution >= 4 is 22.5 Å². The van der Waals surface area contributed by atoms with Crippen LogP contribution in [0.25, 0.3) is 22.0 Å². The number of pyridine rings is 1. The molecule has 0 spiro atoms. The Bertz CT molecular complexity index is 1260. The van der Waals surface area contributed by atoms with E-state index >= 15 is 0 Å². The highest BCUT2D eigenvalue weighted by Crippen LogP contribution is 2.23. The van der Waals surface area contributed by atoms with E-state index < -0.39 is 0 Å². The predicted octanol–water partition coefficient (Wildman–Crippen LogP) is 6.28. The minimum Gasteiger partial charge on any atom is -0.322 e. The molecule has 1 fully saturated rings. The van der Waals surface area contributed by atoms with E-state index in [1.54, 1.807) is 24.3 Å². The van der Waals surface area contributed by atoms with Crippen LogP contribution < -0.4 is 5.32 Å². The van der Waals surface area contributed by atoms with Crippen molar-refractivity contribution in [1.82, 2.24) is 9.88 Å². The number of rotatable bonds is 5. The van der Waals surface area contributed by atoms with Gasteiger partial charge in [-0.3, -0.25) is 14.7 Å². The summed E-state index contributed by atoms with van der Waals surface area (Å²) in [4.78, 5) is 19.9. The van der Waals surface area contributed by atoms with Gasteiger partial charge in [-0.15, -0.1) is 0 Å². The summed E-state index contributed by atoms with van der Waals surface area (Å²) in [6, 6.07) is 21.6. The number of anilines is 1. The lowest BCUT2D eigenvalue weighted by Gasteiger charge is -2.26. The van der Waals surface area contributed by atoms with Gasteiger partial charge >= 0.3 is 0 Å². The number of benzene rings is 3. The van der Waals surface area contributed by atoms with Crippen molar-refractivity contribution in [1.29, 1.82) is 0 Å². The molecule has 0 atom stereocenters. The number of hydrogen-bond donors (Lipinski definition) is 1. The zero-order valence-corrected chi connectivity index (χ0v) is 18.4. The zero-order chi connectivity index (χ0) is 22.6. The minimum absolute atomic E-state index is 0.179. The van der Waals surface area contributed by atoms with Crippen molar-refractivity contribution in [2.75, 3.05) is 18.4 Å². The van der Waals surface area contributed by atoms with Gasteiger partial charge in [0.05, 0.1) is 5.52 Å². The lowest BCUT2D eigenvalue weighted by atomic mass is 10.0. The van der Waals surface area contributed by atoms with Crippen LogP contribution in [0.4, 0.5) is 10.1 Å². The summed E-state index contributed by atoms with van der Waals surface area (Å²) in [5, 5.41) is 4.04. The molecule has 2 heterocycles. The van der Waals surface area contributed by atoms with E-state index in [9.17, 15) is 9.18 Å². The van der Waals surface area contributed by atoms with Crippen LogP contribution in [0.15, 0.2) is 79.0 Å². The Labute approximate surface area is 193 Å². The number of carbonyl (C=O) groups excluding carboxylic acids is 1. The van der Waals surface area contributed by atoms with Gasteiger partial charge in [0.1, 0.15) is 5.82 Å². The maximum atomic E-state index is 13.1. The number of piperidine rings is 1. The van der Waals surface area contributed by atoms with E-state index in [1.807, 2.05) is 36.5 Å². The van der Waals surface area contributed by atoms with Crippen LogP contribution in [0.2, 0.25) is 0 Å². The molecule has 4 aromatic rings. The number of carbonyl (C=O) groups is 1. The molecule has 0 aliphatic carbocycles. The third-order valence-corrected chi connectivity index (χ3v) is 6.18. The van der Waals surface area contributed by atoms with Crippen molar-refractivity contribution in [3.05, 3.63) is 95.9 Å². The zero-order valence-electron chi connectivity index (χ0n) is 18.4. The van der Waals surface area contributed by atoms with Crippen molar-refractivity contribution in [2.24, 2.45) is 0 Å². The van der Waals surface area contributed by atoms with Crippen LogP contribution in [0.1, 0.15) is 35.2 Å². The number of halogens is 1. The Morgan fingerprint density at radius 3 is 2.30 bits per heavy atom. The molecule has 5 rings (SSSR count). The van der Waals surface area contributed by atoms with Crippen molar-refractivity contribution in [2.45, 2.75) is 25.8 Å². The Balaban J connectivity index is 1.26. The molecule has 4 nitrogen and oxygen atoms in total. The van der Waals surface area contributed by atoms with Crippen LogP contribution in [0.5, 0.6) is 0 Å².